The lowest BCUT2D eigenvalue weighted by Gasteiger charge is -2.53. The molecule has 1 N–H and O–H groups in total. The molecule has 44 heavy (non-hydrogen) atoms. The Morgan fingerprint density at radius 3 is 2.32 bits per heavy atom. The van der Waals surface area contributed by atoms with Gasteiger partial charge in [-0.05, 0) is 54.7 Å². The van der Waals surface area contributed by atoms with Crippen LogP contribution >= 0.6 is 0 Å². The van der Waals surface area contributed by atoms with Crippen LogP contribution in [0.3, 0.4) is 0 Å². The number of benzene rings is 2. The van der Waals surface area contributed by atoms with Crippen molar-refractivity contribution in [2.45, 2.75) is 65.3 Å². The number of hydrogen-bond acceptors (Lipinski definition) is 7. The zero-order valence-corrected chi connectivity index (χ0v) is 26.5. The second-order valence-corrected chi connectivity index (χ2v) is 12.0. The Hall–Kier alpha value is -3.99. The van der Waals surface area contributed by atoms with E-state index in [4.69, 9.17) is 14.2 Å². The molecule has 5 rings (SSSR count). The summed E-state index contributed by atoms with van der Waals surface area (Å²) in [6, 6.07) is 12.8. The molecule has 5 amide bonds. The lowest BCUT2D eigenvalue weighted by Crippen LogP contribution is -2.73. The highest BCUT2D eigenvalue weighted by molar-refractivity contribution is 6.03. The number of imide groups is 1. The standard InChI is InChI=1S/C33H45N5O6/c1-6-9-26(24-12-15-27-28(20-24)43-22-42-27)34-31(40)38-29(39)33(7-2,8-3)30(38)44-25-13-10-23(11-14-25)21-36-16-18-37(19-17-36)32(41)35(4)5/h10-15,20,26,30H,6-9,16-19,21-22H2,1-5H3,(H,34,40)/t26-,30+/m1/s1. The van der Waals surface area contributed by atoms with Crippen LogP contribution in [0.4, 0.5) is 9.59 Å². The quantitative estimate of drug-likeness (QED) is 0.387. The molecule has 0 saturated carbocycles. The number of ether oxygens (including phenoxy) is 3. The van der Waals surface area contributed by atoms with Crippen molar-refractivity contribution in [3.63, 3.8) is 0 Å². The van der Waals surface area contributed by atoms with Crippen molar-refractivity contribution in [3.8, 4) is 17.2 Å². The molecule has 3 aliphatic heterocycles. The molecule has 2 fully saturated rings. The van der Waals surface area contributed by atoms with Crippen LogP contribution in [0.15, 0.2) is 42.5 Å². The fraction of sp³-hybridized carbons (Fsp3) is 0.545. The molecule has 11 heteroatoms. The van der Waals surface area contributed by atoms with Gasteiger partial charge >= 0.3 is 12.1 Å². The van der Waals surface area contributed by atoms with Gasteiger partial charge in [0.05, 0.1) is 6.04 Å². The van der Waals surface area contributed by atoms with Crippen LogP contribution in [-0.2, 0) is 11.3 Å². The first-order chi connectivity index (χ1) is 21.2. The van der Waals surface area contributed by atoms with E-state index in [2.05, 4.69) is 17.1 Å². The zero-order chi connectivity index (χ0) is 31.4. The predicted molar refractivity (Wildman–Crippen MR) is 165 cm³/mol. The van der Waals surface area contributed by atoms with Gasteiger partial charge in [0.1, 0.15) is 11.2 Å². The largest absolute Gasteiger partial charge is 0.469 e. The Morgan fingerprint density at radius 1 is 1.00 bits per heavy atom. The monoisotopic (exact) mass is 607 g/mol. The maximum atomic E-state index is 13.7. The number of nitrogens with one attached hydrogen (secondary N) is 1. The van der Waals surface area contributed by atoms with Crippen molar-refractivity contribution in [3.05, 3.63) is 53.6 Å². The van der Waals surface area contributed by atoms with Gasteiger partial charge in [0.2, 0.25) is 12.7 Å². The average Bonchev–Trinajstić information content (AvgIpc) is 3.50. The van der Waals surface area contributed by atoms with Crippen LogP contribution < -0.4 is 19.5 Å². The third-order valence-electron chi connectivity index (χ3n) is 9.11. The summed E-state index contributed by atoms with van der Waals surface area (Å²) in [6.45, 7) is 9.97. The third-order valence-corrected chi connectivity index (χ3v) is 9.11. The van der Waals surface area contributed by atoms with Gasteiger partial charge in [-0.15, -0.1) is 0 Å². The van der Waals surface area contributed by atoms with E-state index in [0.717, 1.165) is 37.2 Å². The predicted octanol–water partition coefficient (Wildman–Crippen LogP) is 4.82. The highest BCUT2D eigenvalue weighted by atomic mass is 16.7. The van der Waals surface area contributed by atoms with Crippen LogP contribution in [0, 0.1) is 5.41 Å². The summed E-state index contributed by atoms with van der Waals surface area (Å²) in [6.07, 6.45) is 1.97. The fourth-order valence-corrected chi connectivity index (χ4v) is 6.30. The highest BCUT2D eigenvalue weighted by Gasteiger charge is 2.63. The average molecular weight is 608 g/mol. The molecule has 0 spiro atoms. The molecule has 2 atom stereocenters. The second-order valence-electron chi connectivity index (χ2n) is 12.0. The van der Waals surface area contributed by atoms with Gasteiger partial charge in [0, 0.05) is 46.8 Å². The Kier molecular flexibility index (Phi) is 9.53. The molecular formula is C33H45N5O6. The van der Waals surface area contributed by atoms with Crippen molar-refractivity contribution >= 4 is 18.0 Å². The number of hydrogen-bond donors (Lipinski definition) is 1. The second kappa shape index (κ2) is 13.3. The number of fused-ring (bicyclic) bond motifs is 1. The number of nitrogens with zero attached hydrogens (tertiary/aromatic N) is 4. The van der Waals surface area contributed by atoms with Gasteiger partial charge in [-0.1, -0.05) is 45.4 Å². The minimum Gasteiger partial charge on any atom is -0.469 e. The Balaban J connectivity index is 1.24. The smallest absolute Gasteiger partial charge is 0.327 e. The summed E-state index contributed by atoms with van der Waals surface area (Å²) >= 11 is 0. The minimum atomic E-state index is -0.765. The summed E-state index contributed by atoms with van der Waals surface area (Å²) in [5.74, 6) is 1.73. The van der Waals surface area contributed by atoms with E-state index in [1.807, 2.05) is 61.2 Å². The lowest BCUT2D eigenvalue weighted by atomic mass is 9.72. The Morgan fingerprint density at radius 2 is 1.68 bits per heavy atom. The first-order valence-electron chi connectivity index (χ1n) is 15.7. The fourth-order valence-electron chi connectivity index (χ4n) is 6.30. The number of β-lactam (4-membered cyclic amide) rings is 1. The van der Waals surface area contributed by atoms with Gasteiger partial charge in [-0.3, -0.25) is 9.69 Å². The molecule has 0 bridgehead atoms. The van der Waals surface area contributed by atoms with Crippen molar-refractivity contribution in [1.82, 2.24) is 24.9 Å². The third kappa shape index (κ3) is 6.15. The number of rotatable bonds is 10. The number of carbonyl (C=O) groups is 3. The molecule has 3 heterocycles. The first kappa shape index (κ1) is 31.4. The maximum Gasteiger partial charge on any atom is 0.327 e. The van der Waals surface area contributed by atoms with Gasteiger partial charge < -0.3 is 29.3 Å². The summed E-state index contributed by atoms with van der Waals surface area (Å²) in [4.78, 5) is 46.5. The van der Waals surface area contributed by atoms with E-state index < -0.39 is 17.7 Å². The van der Waals surface area contributed by atoms with E-state index in [1.165, 1.54) is 4.90 Å². The molecule has 0 unspecified atom stereocenters. The number of piperazine rings is 1. The molecule has 0 aromatic heterocycles. The van der Waals surface area contributed by atoms with E-state index in [0.29, 0.717) is 49.6 Å². The van der Waals surface area contributed by atoms with E-state index in [-0.39, 0.29) is 24.8 Å². The number of urea groups is 2. The normalized spacial score (nSPS) is 19.8. The van der Waals surface area contributed by atoms with E-state index >= 15 is 0 Å². The van der Waals surface area contributed by atoms with Crippen LogP contribution in [0.2, 0.25) is 0 Å². The number of carbonyl (C=O) groups excluding carboxylic acids is 3. The number of likely N-dealkylation sites (tertiary alicyclic amines) is 1. The van der Waals surface area contributed by atoms with E-state index in [1.54, 1.807) is 19.0 Å². The van der Waals surface area contributed by atoms with Crippen LogP contribution in [-0.4, -0.2) is 90.9 Å². The van der Waals surface area contributed by atoms with Crippen LogP contribution in [0.25, 0.3) is 0 Å². The lowest BCUT2D eigenvalue weighted by molar-refractivity contribution is -0.191. The van der Waals surface area contributed by atoms with Gasteiger partial charge in [0.25, 0.3) is 0 Å². The molecule has 11 nitrogen and oxygen atoms in total. The maximum absolute atomic E-state index is 13.7. The van der Waals surface area contributed by atoms with Crippen molar-refractivity contribution in [2.75, 3.05) is 47.1 Å². The summed E-state index contributed by atoms with van der Waals surface area (Å²) in [5.41, 5.74) is 1.26. The Bertz CT molecular complexity index is 1340. The minimum absolute atomic E-state index is 0.0485. The van der Waals surface area contributed by atoms with Crippen molar-refractivity contribution < 1.29 is 28.6 Å². The molecule has 2 saturated heterocycles. The molecule has 0 aliphatic carbocycles. The first-order valence-corrected chi connectivity index (χ1v) is 15.7. The topological polar surface area (TPSA) is 104 Å². The molecule has 2 aromatic rings. The molecule has 3 aliphatic rings. The molecule has 2 aromatic carbocycles. The van der Waals surface area contributed by atoms with Gasteiger partial charge in [0.15, 0.2) is 17.7 Å². The number of amides is 5. The SMILES string of the molecule is CCC[C@@H](NC(=O)N1C(=O)C(CC)(CC)[C@@H]1Oc1ccc(CN2CCN(C(=O)N(C)C)CC2)cc1)c1ccc2c(c1)OCO2. The summed E-state index contributed by atoms with van der Waals surface area (Å²) in [5, 5.41) is 3.09. The van der Waals surface area contributed by atoms with Gasteiger partial charge in [-0.25, -0.2) is 14.5 Å². The van der Waals surface area contributed by atoms with Crippen LogP contribution in [0.1, 0.15) is 63.6 Å². The Labute approximate surface area is 260 Å². The zero-order valence-electron chi connectivity index (χ0n) is 26.5. The summed E-state index contributed by atoms with van der Waals surface area (Å²) in [7, 11) is 3.55. The van der Waals surface area contributed by atoms with Gasteiger partial charge in [-0.2, -0.15) is 0 Å². The molecule has 0 radical (unpaired) electrons. The van der Waals surface area contributed by atoms with E-state index in [9.17, 15) is 14.4 Å². The molecule has 238 valence electrons. The molecular weight excluding hydrogens is 562 g/mol. The van der Waals surface area contributed by atoms with Crippen molar-refractivity contribution in [1.29, 1.82) is 0 Å². The van der Waals surface area contributed by atoms with Crippen LogP contribution in [0.5, 0.6) is 17.2 Å². The van der Waals surface area contributed by atoms with Crippen molar-refractivity contribution in [2.24, 2.45) is 5.41 Å². The summed E-state index contributed by atoms with van der Waals surface area (Å²) < 4.78 is 17.4. The highest BCUT2D eigenvalue weighted by Crippen LogP contribution is 2.46.